The van der Waals surface area contributed by atoms with E-state index in [0.29, 0.717) is 23.0 Å². The molecule has 0 spiro atoms. The fourth-order valence-electron chi connectivity index (χ4n) is 2.24. The van der Waals surface area contributed by atoms with Crippen molar-refractivity contribution in [3.05, 3.63) is 52.1 Å². The van der Waals surface area contributed by atoms with Gasteiger partial charge in [-0.2, -0.15) is 5.26 Å². The monoisotopic (exact) mass is 303 g/mol. The van der Waals surface area contributed by atoms with Crippen molar-refractivity contribution in [2.75, 3.05) is 0 Å². The molecule has 2 rings (SSSR count). The first-order chi connectivity index (χ1) is 10.2. The number of benzene rings is 1. The molecular formula is C16H18ClN3O. The van der Waals surface area contributed by atoms with Gasteiger partial charge in [0, 0.05) is 13.0 Å². The van der Waals surface area contributed by atoms with Gasteiger partial charge in [-0.05, 0) is 24.1 Å². The zero-order chi connectivity index (χ0) is 15.2. The highest BCUT2D eigenvalue weighted by Crippen LogP contribution is 2.21. The van der Waals surface area contributed by atoms with E-state index in [-0.39, 0.29) is 6.61 Å². The van der Waals surface area contributed by atoms with Gasteiger partial charge in [0.05, 0.1) is 23.9 Å². The number of halogens is 1. The number of hydrogen-bond acceptors (Lipinski definition) is 3. The number of aromatic nitrogens is 2. The SMILES string of the molecule is CCCCc1nc(Cl)c(CO)n1Cc1ccc(C#N)cc1. The van der Waals surface area contributed by atoms with Crippen LogP contribution in [-0.4, -0.2) is 14.7 Å². The minimum absolute atomic E-state index is 0.131. The number of rotatable bonds is 6. The van der Waals surface area contributed by atoms with Crippen molar-refractivity contribution in [2.45, 2.75) is 39.3 Å². The van der Waals surface area contributed by atoms with Crippen molar-refractivity contribution in [1.29, 1.82) is 5.26 Å². The van der Waals surface area contributed by atoms with Crippen LogP contribution in [0.3, 0.4) is 0 Å². The van der Waals surface area contributed by atoms with Crippen LogP contribution in [0.5, 0.6) is 0 Å². The maximum Gasteiger partial charge on any atom is 0.152 e. The predicted molar refractivity (Wildman–Crippen MR) is 82.0 cm³/mol. The smallest absolute Gasteiger partial charge is 0.152 e. The van der Waals surface area contributed by atoms with Crippen LogP contribution in [0.15, 0.2) is 24.3 Å². The van der Waals surface area contributed by atoms with E-state index in [2.05, 4.69) is 18.0 Å². The van der Waals surface area contributed by atoms with Crippen molar-refractivity contribution in [3.63, 3.8) is 0 Å². The lowest BCUT2D eigenvalue weighted by Gasteiger charge is -2.11. The molecule has 4 nitrogen and oxygen atoms in total. The summed E-state index contributed by atoms with van der Waals surface area (Å²) in [5.74, 6) is 0.898. The first-order valence-electron chi connectivity index (χ1n) is 7.03. The third-order valence-corrected chi connectivity index (χ3v) is 3.73. The Balaban J connectivity index is 2.29. The molecule has 0 aliphatic rings. The molecule has 0 bridgehead atoms. The van der Waals surface area contributed by atoms with Gasteiger partial charge in [0.1, 0.15) is 5.82 Å². The minimum Gasteiger partial charge on any atom is -0.390 e. The van der Waals surface area contributed by atoms with Gasteiger partial charge in [0.2, 0.25) is 0 Å². The van der Waals surface area contributed by atoms with Gasteiger partial charge in [-0.1, -0.05) is 37.1 Å². The van der Waals surface area contributed by atoms with Gasteiger partial charge in [-0.3, -0.25) is 0 Å². The Morgan fingerprint density at radius 3 is 2.62 bits per heavy atom. The van der Waals surface area contributed by atoms with Crippen molar-refractivity contribution >= 4 is 11.6 Å². The number of aliphatic hydroxyl groups excluding tert-OH is 1. The zero-order valence-electron chi connectivity index (χ0n) is 12.0. The molecule has 2 aromatic rings. The van der Waals surface area contributed by atoms with Crippen LogP contribution < -0.4 is 0 Å². The average molecular weight is 304 g/mol. The van der Waals surface area contributed by atoms with E-state index in [1.807, 2.05) is 16.7 Å². The van der Waals surface area contributed by atoms with E-state index < -0.39 is 0 Å². The topological polar surface area (TPSA) is 61.8 Å². The second-order valence-electron chi connectivity index (χ2n) is 4.92. The van der Waals surface area contributed by atoms with Gasteiger partial charge in [-0.25, -0.2) is 4.98 Å². The Labute approximate surface area is 129 Å². The molecular weight excluding hydrogens is 286 g/mol. The lowest BCUT2D eigenvalue weighted by atomic mass is 10.1. The Hall–Kier alpha value is -1.83. The predicted octanol–water partition coefficient (Wildman–Crippen LogP) is 3.29. The lowest BCUT2D eigenvalue weighted by molar-refractivity contribution is 0.271. The molecule has 0 unspecified atom stereocenters. The number of aliphatic hydroxyl groups is 1. The number of nitrogens with zero attached hydrogens (tertiary/aromatic N) is 3. The standard InChI is InChI=1S/C16H18ClN3O/c1-2-3-4-15-19-16(17)14(11-21)20(15)10-13-7-5-12(9-18)6-8-13/h5-8,21H,2-4,10-11H2,1H3. The second kappa shape index (κ2) is 7.26. The van der Waals surface area contributed by atoms with Crippen LogP contribution >= 0.6 is 11.6 Å². The summed E-state index contributed by atoms with van der Waals surface area (Å²) in [7, 11) is 0. The number of unbranched alkanes of at least 4 members (excludes halogenated alkanes) is 1. The van der Waals surface area contributed by atoms with Crippen LogP contribution in [0.25, 0.3) is 0 Å². The number of nitriles is 1. The van der Waals surface area contributed by atoms with Gasteiger partial charge in [-0.15, -0.1) is 0 Å². The summed E-state index contributed by atoms with van der Waals surface area (Å²) in [6, 6.07) is 9.51. The molecule has 1 aromatic carbocycles. The second-order valence-corrected chi connectivity index (χ2v) is 5.28. The van der Waals surface area contributed by atoms with E-state index in [4.69, 9.17) is 16.9 Å². The van der Waals surface area contributed by atoms with E-state index in [9.17, 15) is 5.11 Å². The average Bonchev–Trinajstić information content (AvgIpc) is 2.81. The first-order valence-corrected chi connectivity index (χ1v) is 7.41. The van der Waals surface area contributed by atoms with Crippen LogP contribution in [0.1, 0.15) is 42.4 Å². The number of imidazole rings is 1. The maximum absolute atomic E-state index is 9.51. The van der Waals surface area contributed by atoms with Crippen molar-refractivity contribution in [2.24, 2.45) is 0 Å². The molecule has 0 atom stereocenters. The molecule has 1 heterocycles. The molecule has 0 radical (unpaired) electrons. The number of hydrogen-bond donors (Lipinski definition) is 1. The highest BCUT2D eigenvalue weighted by Gasteiger charge is 2.15. The molecule has 0 aliphatic carbocycles. The molecule has 0 saturated carbocycles. The highest BCUT2D eigenvalue weighted by atomic mass is 35.5. The molecule has 5 heteroatoms. The van der Waals surface area contributed by atoms with Crippen LogP contribution in [0, 0.1) is 11.3 Å². The van der Waals surface area contributed by atoms with Crippen molar-refractivity contribution in [1.82, 2.24) is 9.55 Å². The van der Waals surface area contributed by atoms with E-state index in [1.165, 1.54) is 0 Å². The number of aryl methyl sites for hydroxylation is 1. The molecule has 21 heavy (non-hydrogen) atoms. The van der Waals surface area contributed by atoms with Crippen LogP contribution in [0.4, 0.5) is 0 Å². The third-order valence-electron chi connectivity index (χ3n) is 3.43. The fraction of sp³-hybridized carbons (Fsp3) is 0.375. The molecule has 0 amide bonds. The largest absolute Gasteiger partial charge is 0.390 e. The molecule has 110 valence electrons. The lowest BCUT2D eigenvalue weighted by Crippen LogP contribution is -2.09. The summed E-state index contributed by atoms with van der Waals surface area (Å²) in [6.07, 6.45) is 2.95. The van der Waals surface area contributed by atoms with E-state index in [0.717, 1.165) is 30.7 Å². The van der Waals surface area contributed by atoms with E-state index in [1.54, 1.807) is 12.1 Å². The molecule has 0 saturated heterocycles. The summed E-state index contributed by atoms with van der Waals surface area (Å²) >= 11 is 6.11. The Morgan fingerprint density at radius 1 is 1.33 bits per heavy atom. The highest BCUT2D eigenvalue weighted by molar-refractivity contribution is 6.30. The molecule has 0 fully saturated rings. The van der Waals surface area contributed by atoms with E-state index >= 15 is 0 Å². The minimum atomic E-state index is -0.131. The van der Waals surface area contributed by atoms with Crippen LogP contribution in [-0.2, 0) is 19.6 Å². The molecule has 0 aliphatic heterocycles. The Kier molecular flexibility index (Phi) is 5.38. The maximum atomic E-state index is 9.51. The Morgan fingerprint density at radius 2 is 2.05 bits per heavy atom. The molecule has 1 N–H and O–H groups in total. The Bertz CT molecular complexity index is 641. The quantitative estimate of drug-likeness (QED) is 0.890. The van der Waals surface area contributed by atoms with Crippen molar-refractivity contribution in [3.8, 4) is 6.07 Å². The van der Waals surface area contributed by atoms with Gasteiger partial charge < -0.3 is 9.67 Å². The normalized spacial score (nSPS) is 10.6. The summed E-state index contributed by atoms with van der Waals surface area (Å²) in [5.41, 5.74) is 2.33. The van der Waals surface area contributed by atoms with Gasteiger partial charge in [0.15, 0.2) is 5.15 Å². The summed E-state index contributed by atoms with van der Waals surface area (Å²) in [4.78, 5) is 4.36. The summed E-state index contributed by atoms with van der Waals surface area (Å²) in [6.45, 7) is 2.59. The van der Waals surface area contributed by atoms with Gasteiger partial charge >= 0.3 is 0 Å². The molecule has 1 aromatic heterocycles. The van der Waals surface area contributed by atoms with Crippen LogP contribution in [0.2, 0.25) is 5.15 Å². The first kappa shape index (κ1) is 15.6. The zero-order valence-corrected chi connectivity index (χ0v) is 12.8. The van der Waals surface area contributed by atoms with Crippen molar-refractivity contribution < 1.29 is 5.11 Å². The third kappa shape index (κ3) is 3.63. The fourth-order valence-corrected chi connectivity index (χ4v) is 2.49. The summed E-state index contributed by atoms with van der Waals surface area (Å²) in [5, 5.41) is 18.7. The van der Waals surface area contributed by atoms with Gasteiger partial charge in [0.25, 0.3) is 0 Å². The summed E-state index contributed by atoms with van der Waals surface area (Å²) < 4.78 is 1.97.